The highest BCUT2D eigenvalue weighted by Crippen LogP contribution is 2.27. The van der Waals surface area contributed by atoms with Crippen molar-refractivity contribution < 1.29 is 19.4 Å². The van der Waals surface area contributed by atoms with E-state index in [4.69, 9.17) is 21.4 Å². The third-order valence-corrected chi connectivity index (χ3v) is 4.03. The molecular weight excluding hydrogens is 310 g/mol. The summed E-state index contributed by atoms with van der Waals surface area (Å²) in [6.07, 6.45) is -0.616. The van der Waals surface area contributed by atoms with Gasteiger partial charge in [-0.15, -0.1) is 0 Å². The van der Waals surface area contributed by atoms with Gasteiger partial charge in [-0.2, -0.15) is 5.10 Å². The maximum atomic E-state index is 12.8. The molecule has 122 valence electrons. The van der Waals surface area contributed by atoms with Gasteiger partial charge in [-0.3, -0.25) is 14.3 Å². The van der Waals surface area contributed by atoms with Crippen molar-refractivity contribution in [2.24, 2.45) is 7.05 Å². The SMILES string of the molecule is CC(C)c1nn(C)c(Cl)c1C(=O)N1CCO[C@@H](CC(=O)O)C1. The lowest BCUT2D eigenvalue weighted by molar-refractivity contribution is -0.141. The number of aryl methyl sites for hydroxylation is 1. The molecule has 1 atom stereocenters. The number of hydrogen-bond donors (Lipinski definition) is 1. The van der Waals surface area contributed by atoms with E-state index < -0.39 is 12.1 Å². The largest absolute Gasteiger partial charge is 0.481 e. The van der Waals surface area contributed by atoms with Crippen molar-refractivity contribution >= 4 is 23.5 Å². The summed E-state index contributed by atoms with van der Waals surface area (Å²) in [6.45, 7) is 4.87. The zero-order chi connectivity index (χ0) is 16.4. The Morgan fingerprint density at radius 3 is 2.77 bits per heavy atom. The molecule has 0 spiro atoms. The molecular formula is C14H20ClN3O4. The summed E-state index contributed by atoms with van der Waals surface area (Å²) in [5.41, 5.74) is 1.05. The number of nitrogens with zero attached hydrogens (tertiary/aromatic N) is 3. The van der Waals surface area contributed by atoms with Crippen molar-refractivity contribution in [2.75, 3.05) is 19.7 Å². The van der Waals surface area contributed by atoms with Crippen LogP contribution in [-0.2, 0) is 16.6 Å². The molecule has 2 rings (SSSR count). The molecule has 0 radical (unpaired) electrons. The minimum absolute atomic E-state index is 0.0634. The number of carboxylic acids is 1. The smallest absolute Gasteiger partial charge is 0.306 e. The molecule has 1 N–H and O–H groups in total. The van der Waals surface area contributed by atoms with Crippen molar-refractivity contribution in [3.63, 3.8) is 0 Å². The highest BCUT2D eigenvalue weighted by molar-refractivity contribution is 6.33. The minimum Gasteiger partial charge on any atom is -0.481 e. The lowest BCUT2D eigenvalue weighted by Gasteiger charge is -2.32. The van der Waals surface area contributed by atoms with Gasteiger partial charge in [-0.05, 0) is 5.92 Å². The van der Waals surface area contributed by atoms with Crippen LogP contribution in [0, 0.1) is 0 Å². The van der Waals surface area contributed by atoms with Crippen molar-refractivity contribution in [1.29, 1.82) is 0 Å². The van der Waals surface area contributed by atoms with Crippen LogP contribution in [0.15, 0.2) is 0 Å². The fourth-order valence-electron chi connectivity index (χ4n) is 2.51. The van der Waals surface area contributed by atoms with Gasteiger partial charge in [0.15, 0.2) is 0 Å². The first-order chi connectivity index (χ1) is 10.3. The highest BCUT2D eigenvalue weighted by atomic mass is 35.5. The lowest BCUT2D eigenvalue weighted by Crippen LogP contribution is -2.46. The predicted molar refractivity (Wildman–Crippen MR) is 80.2 cm³/mol. The molecule has 1 aliphatic rings. The Balaban J connectivity index is 2.22. The summed E-state index contributed by atoms with van der Waals surface area (Å²) in [7, 11) is 1.69. The van der Waals surface area contributed by atoms with Crippen LogP contribution in [0.2, 0.25) is 5.15 Å². The Morgan fingerprint density at radius 1 is 1.50 bits per heavy atom. The van der Waals surface area contributed by atoms with Crippen LogP contribution in [-0.4, -0.2) is 57.5 Å². The lowest BCUT2D eigenvalue weighted by atomic mass is 10.0. The average molecular weight is 330 g/mol. The van der Waals surface area contributed by atoms with Crippen LogP contribution in [0.1, 0.15) is 42.2 Å². The second-order valence-corrected chi connectivity index (χ2v) is 6.03. The van der Waals surface area contributed by atoms with Crippen molar-refractivity contribution in [1.82, 2.24) is 14.7 Å². The number of rotatable bonds is 4. The Morgan fingerprint density at radius 2 is 2.18 bits per heavy atom. The monoisotopic (exact) mass is 329 g/mol. The summed E-state index contributed by atoms with van der Waals surface area (Å²) in [5, 5.41) is 13.5. The van der Waals surface area contributed by atoms with Crippen molar-refractivity contribution in [2.45, 2.75) is 32.3 Å². The van der Waals surface area contributed by atoms with Gasteiger partial charge in [0.05, 0.1) is 30.4 Å². The average Bonchev–Trinajstić information content (AvgIpc) is 2.74. The molecule has 0 unspecified atom stereocenters. The zero-order valence-corrected chi connectivity index (χ0v) is 13.6. The zero-order valence-electron chi connectivity index (χ0n) is 12.9. The summed E-state index contributed by atoms with van der Waals surface area (Å²) in [5.74, 6) is -1.10. The number of ether oxygens (including phenoxy) is 1. The molecule has 1 saturated heterocycles. The van der Waals surface area contributed by atoms with Gasteiger partial charge in [0, 0.05) is 20.1 Å². The fourth-order valence-corrected chi connectivity index (χ4v) is 2.72. The van der Waals surface area contributed by atoms with E-state index in [1.165, 1.54) is 4.68 Å². The molecule has 1 aromatic rings. The minimum atomic E-state index is -0.943. The predicted octanol–water partition coefficient (Wildman–Crippen LogP) is 1.51. The third-order valence-electron chi connectivity index (χ3n) is 3.59. The number of hydrogen-bond acceptors (Lipinski definition) is 4. The second-order valence-electron chi connectivity index (χ2n) is 5.67. The number of halogens is 1. The molecule has 8 heteroatoms. The van der Waals surface area contributed by atoms with Gasteiger partial charge in [0.25, 0.3) is 5.91 Å². The van der Waals surface area contributed by atoms with Gasteiger partial charge in [0.1, 0.15) is 5.15 Å². The fraction of sp³-hybridized carbons (Fsp3) is 0.643. The van der Waals surface area contributed by atoms with E-state index in [9.17, 15) is 9.59 Å². The van der Waals surface area contributed by atoms with E-state index in [2.05, 4.69) is 5.10 Å². The van der Waals surface area contributed by atoms with Gasteiger partial charge in [0.2, 0.25) is 0 Å². The van der Waals surface area contributed by atoms with Gasteiger partial charge < -0.3 is 14.7 Å². The second kappa shape index (κ2) is 6.66. The summed E-state index contributed by atoms with van der Waals surface area (Å²) < 4.78 is 6.88. The number of amides is 1. The summed E-state index contributed by atoms with van der Waals surface area (Å²) >= 11 is 6.22. The highest BCUT2D eigenvalue weighted by Gasteiger charge is 2.31. The molecule has 7 nitrogen and oxygen atoms in total. The van der Waals surface area contributed by atoms with Gasteiger partial charge in [-0.1, -0.05) is 25.4 Å². The van der Waals surface area contributed by atoms with Gasteiger partial charge >= 0.3 is 5.97 Å². The van der Waals surface area contributed by atoms with Crippen LogP contribution in [0.5, 0.6) is 0 Å². The Hall–Kier alpha value is -1.60. The summed E-state index contributed by atoms with van der Waals surface area (Å²) in [4.78, 5) is 25.2. The molecule has 2 heterocycles. The third kappa shape index (κ3) is 3.41. The standard InChI is InChI=1S/C14H20ClN3O4/c1-8(2)12-11(13(15)17(3)16-12)14(21)18-4-5-22-9(7-18)6-10(19)20/h8-9H,4-7H2,1-3H3,(H,19,20)/t9-/m0/s1. The van der Waals surface area contributed by atoms with Crippen molar-refractivity contribution in [3.05, 3.63) is 16.4 Å². The number of aromatic nitrogens is 2. The van der Waals surface area contributed by atoms with E-state index in [1.54, 1.807) is 11.9 Å². The molecule has 1 fully saturated rings. The van der Waals surface area contributed by atoms with E-state index in [0.29, 0.717) is 29.6 Å². The van der Waals surface area contributed by atoms with E-state index >= 15 is 0 Å². The Kier molecular flexibility index (Phi) is 5.08. The molecule has 1 aromatic heterocycles. The number of morpholine rings is 1. The number of carbonyl (C=O) groups is 2. The Labute approximate surface area is 133 Å². The van der Waals surface area contributed by atoms with E-state index in [1.807, 2.05) is 13.8 Å². The maximum Gasteiger partial charge on any atom is 0.306 e. The number of carboxylic acid groups (broad SMARTS) is 1. The van der Waals surface area contributed by atoms with Crippen LogP contribution in [0.25, 0.3) is 0 Å². The molecule has 0 aliphatic carbocycles. The van der Waals surface area contributed by atoms with Crippen LogP contribution >= 0.6 is 11.6 Å². The molecule has 0 saturated carbocycles. The van der Waals surface area contributed by atoms with E-state index in [-0.39, 0.29) is 24.8 Å². The normalized spacial score (nSPS) is 18.8. The summed E-state index contributed by atoms with van der Waals surface area (Å²) in [6, 6.07) is 0. The molecule has 22 heavy (non-hydrogen) atoms. The van der Waals surface area contributed by atoms with Crippen LogP contribution in [0.4, 0.5) is 0 Å². The Bertz CT molecular complexity index is 585. The first-order valence-electron chi connectivity index (χ1n) is 7.16. The topological polar surface area (TPSA) is 84.7 Å². The van der Waals surface area contributed by atoms with E-state index in [0.717, 1.165) is 0 Å². The van der Waals surface area contributed by atoms with Crippen LogP contribution in [0.3, 0.4) is 0 Å². The maximum absolute atomic E-state index is 12.8. The molecule has 0 bridgehead atoms. The number of aliphatic carboxylic acids is 1. The molecule has 1 aliphatic heterocycles. The molecule has 1 amide bonds. The number of carbonyl (C=O) groups excluding carboxylic acids is 1. The molecule has 0 aromatic carbocycles. The van der Waals surface area contributed by atoms with Crippen LogP contribution < -0.4 is 0 Å². The van der Waals surface area contributed by atoms with Gasteiger partial charge in [-0.25, -0.2) is 0 Å². The first-order valence-corrected chi connectivity index (χ1v) is 7.54. The first kappa shape index (κ1) is 16.8. The quantitative estimate of drug-likeness (QED) is 0.905. The van der Waals surface area contributed by atoms with Crippen molar-refractivity contribution in [3.8, 4) is 0 Å².